The van der Waals surface area contributed by atoms with Crippen LogP contribution in [0.1, 0.15) is 155 Å². The molecule has 8 nitrogen and oxygen atoms in total. The normalized spacial score (nSPS) is 24.0. The Hall–Kier alpha value is -1.03. The monoisotopic (exact) mass is 612 g/mol. The standard InChI is InChI=1S/C35H64O8/c1-3-4-5-6-7-8-10-15-28(36)16-13-14-19-31(38)32(39)21-22-33(40)34-23-20-30(43-34)18-12-9-11-17-29(37)25-27-24-26(2)42-35(27)41/h24,26,28-34,36-40H,3-23,25H2,1-2H3/t26-,28-,29+,30+,31-,32+,33-,34+/m1/s1. The van der Waals surface area contributed by atoms with Gasteiger partial charge in [0.05, 0.1) is 42.7 Å². The van der Waals surface area contributed by atoms with Gasteiger partial charge in [-0.05, 0) is 70.8 Å². The Bertz CT molecular complexity index is 758. The number of hydrogen-bond donors (Lipinski definition) is 5. The highest BCUT2D eigenvalue weighted by molar-refractivity contribution is 5.90. The van der Waals surface area contributed by atoms with E-state index in [0.29, 0.717) is 37.7 Å². The van der Waals surface area contributed by atoms with E-state index in [2.05, 4.69) is 6.92 Å². The quantitative estimate of drug-likeness (QED) is 0.0590. The van der Waals surface area contributed by atoms with Gasteiger partial charge in [0.2, 0.25) is 0 Å². The van der Waals surface area contributed by atoms with Crippen LogP contribution >= 0.6 is 0 Å². The highest BCUT2D eigenvalue weighted by Gasteiger charge is 2.31. The van der Waals surface area contributed by atoms with Crippen LogP contribution in [0.4, 0.5) is 0 Å². The lowest BCUT2D eigenvalue weighted by atomic mass is 9.97. The Morgan fingerprint density at radius 1 is 0.721 bits per heavy atom. The molecular weight excluding hydrogens is 548 g/mol. The summed E-state index contributed by atoms with van der Waals surface area (Å²) < 4.78 is 11.2. The third-order valence-electron chi connectivity index (χ3n) is 9.21. The van der Waals surface area contributed by atoms with E-state index in [0.717, 1.165) is 70.6 Å². The molecule has 2 rings (SSSR count). The van der Waals surface area contributed by atoms with Gasteiger partial charge in [0.15, 0.2) is 0 Å². The van der Waals surface area contributed by atoms with Gasteiger partial charge in [0.1, 0.15) is 6.10 Å². The van der Waals surface area contributed by atoms with E-state index in [-0.39, 0.29) is 30.4 Å². The number of esters is 1. The van der Waals surface area contributed by atoms with Gasteiger partial charge in [-0.3, -0.25) is 0 Å². The second-order valence-corrected chi connectivity index (χ2v) is 13.3. The van der Waals surface area contributed by atoms with E-state index in [9.17, 15) is 30.3 Å². The maximum absolute atomic E-state index is 11.7. The average molecular weight is 613 g/mol. The minimum absolute atomic E-state index is 0.126. The molecule has 0 aliphatic carbocycles. The number of aliphatic hydroxyl groups excluding tert-OH is 5. The zero-order valence-corrected chi connectivity index (χ0v) is 27.2. The molecule has 2 heterocycles. The smallest absolute Gasteiger partial charge is 0.334 e. The molecule has 1 fully saturated rings. The molecule has 5 N–H and O–H groups in total. The molecule has 252 valence electrons. The second kappa shape index (κ2) is 22.5. The van der Waals surface area contributed by atoms with Crippen LogP contribution in [0.2, 0.25) is 0 Å². The molecule has 0 bridgehead atoms. The number of ether oxygens (including phenoxy) is 2. The van der Waals surface area contributed by atoms with Gasteiger partial charge in [-0.1, -0.05) is 84.0 Å². The number of unbranched alkanes of at least 4 members (excludes halogenated alkanes) is 9. The van der Waals surface area contributed by atoms with Gasteiger partial charge in [0.25, 0.3) is 0 Å². The molecule has 8 atom stereocenters. The Morgan fingerprint density at radius 2 is 1.30 bits per heavy atom. The van der Waals surface area contributed by atoms with Crippen LogP contribution in [-0.2, 0) is 14.3 Å². The van der Waals surface area contributed by atoms with Crippen molar-refractivity contribution in [1.29, 1.82) is 0 Å². The van der Waals surface area contributed by atoms with Crippen molar-refractivity contribution in [2.75, 3.05) is 0 Å². The van der Waals surface area contributed by atoms with Crippen LogP contribution in [0.15, 0.2) is 11.6 Å². The molecule has 0 spiro atoms. The van der Waals surface area contributed by atoms with Crippen molar-refractivity contribution in [2.45, 2.75) is 204 Å². The number of aliphatic hydroxyl groups is 5. The molecule has 2 aliphatic rings. The Morgan fingerprint density at radius 3 is 1.98 bits per heavy atom. The van der Waals surface area contributed by atoms with E-state index in [1.165, 1.54) is 38.5 Å². The third kappa shape index (κ3) is 16.7. The largest absolute Gasteiger partial charge is 0.455 e. The lowest BCUT2D eigenvalue weighted by Gasteiger charge is -2.23. The summed E-state index contributed by atoms with van der Waals surface area (Å²) in [4.78, 5) is 11.7. The van der Waals surface area contributed by atoms with Crippen molar-refractivity contribution in [1.82, 2.24) is 0 Å². The first kappa shape index (κ1) is 38.2. The predicted octanol–water partition coefficient (Wildman–Crippen LogP) is 6.03. The molecule has 0 saturated carbocycles. The van der Waals surface area contributed by atoms with Crippen molar-refractivity contribution in [3.8, 4) is 0 Å². The fourth-order valence-electron chi connectivity index (χ4n) is 6.42. The minimum Gasteiger partial charge on any atom is -0.455 e. The van der Waals surface area contributed by atoms with Gasteiger partial charge in [-0.2, -0.15) is 0 Å². The first-order valence-corrected chi connectivity index (χ1v) is 17.7. The zero-order chi connectivity index (χ0) is 31.5. The van der Waals surface area contributed by atoms with Gasteiger partial charge in [0, 0.05) is 12.0 Å². The van der Waals surface area contributed by atoms with Gasteiger partial charge in [-0.25, -0.2) is 4.79 Å². The maximum atomic E-state index is 11.7. The van der Waals surface area contributed by atoms with Crippen LogP contribution in [0.25, 0.3) is 0 Å². The minimum atomic E-state index is -0.862. The zero-order valence-electron chi connectivity index (χ0n) is 27.2. The molecule has 43 heavy (non-hydrogen) atoms. The molecule has 1 saturated heterocycles. The van der Waals surface area contributed by atoms with Crippen LogP contribution in [-0.4, -0.2) is 80.3 Å². The molecule has 8 heteroatoms. The lowest BCUT2D eigenvalue weighted by molar-refractivity contribution is -0.139. The number of cyclic esters (lactones) is 1. The molecule has 0 unspecified atom stereocenters. The van der Waals surface area contributed by atoms with Crippen LogP contribution < -0.4 is 0 Å². The van der Waals surface area contributed by atoms with Gasteiger partial charge < -0.3 is 35.0 Å². The van der Waals surface area contributed by atoms with Crippen molar-refractivity contribution in [3.63, 3.8) is 0 Å². The Kier molecular flexibility index (Phi) is 19.9. The summed E-state index contributed by atoms with van der Waals surface area (Å²) in [6, 6.07) is 0. The van der Waals surface area contributed by atoms with Crippen LogP contribution in [0.5, 0.6) is 0 Å². The number of carbonyl (C=O) groups is 1. The van der Waals surface area contributed by atoms with Crippen molar-refractivity contribution in [2.24, 2.45) is 0 Å². The maximum Gasteiger partial charge on any atom is 0.334 e. The molecule has 0 aromatic heterocycles. The first-order chi connectivity index (χ1) is 20.7. The highest BCUT2D eigenvalue weighted by atomic mass is 16.5. The van der Waals surface area contributed by atoms with Crippen LogP contribution in [0.3, 0.4) is 0 Å². The molecule has 2 aliphatic heterocycles. The van der Waals surface area contributed by atoms with Gasteiger partial charge >= 0.3 is 5.97 Å². The van der Waals surface area contributed by atoms with E-state index in [4.69, 9.17) is 9.47 Å². The molecule has 0 radical (unpaired) electrons. The number of hydrogen-bond acceptors (Lipinski definition) is 8. The van der Waals surface area contributed by atoms with Crippen molar-refractivity contribution < 1.29 is 39.8 Å². The summed E-state index contributed by atoms with van der Waals surface area (Å²) in [5.74, 6) is -0.316. The van der Waals surface area contributed by atoms with Crippen molar-refractivity contribution >= 4 is 5.97 Å². The van der Waals surface area contributed by atoms with E-state index < -0.39 is 24.4 Å². The van der Waals surface area contributed by atoms with Crippen LogP contribution in [0, 0.1) is 0 Å². The lowest BCUT2D eigenvalue weighted by Crippen LogP contribution is -2.31. The summed E-state index contributed by atoms with van der Waals surface area (Å²) in [5.41, 5.74) is 0.575. The van der Waals surface area contributed by atoms with Crippen molar-refractivity contribution in [3.05, 3.63) is 11.6 Å². The summed E-state index contributed by atoms with van der Waals surface area (Å²) >= 11 is 0. The van der Waals surface area contributed by atoms with E-state index in [1.54, 1.807) is 6.08 Å². The van der Waals surface area contributed by atoms with E-state index >= 15 is 0 Å². The summed E-state index contributed by atoms with van der Waals surface area (Å²) in [5, 5.41) is 51.8. The highest BCUT2D eigenvalue weighted by Crippen LogP contribution is 2.28. The summed E-state index contributed by atoms with van der Waals surface area (Å²) in [6.45, 7) is 4.04. The second-order valence-electron chi connectivity index (χ2n) is 13.3. The fraction of sp³-hybridized carbons (Fsp3) is 0.914. The SMILES string of the molecule is CCCCCCCCC[C@@H](O)CCCC[C@@H](O)[C@@H](O)CC[C@@H](O)[C@@H]1CC[C@H](CCCCC[C@H](O)CC2=C[C@@H](C)OC2=O)O1. The number of rotatable bonds is 26. The number of carbonyl (C=O) groups excluding carboxylic acids is 1. The molecule has 0 amide bonds. The molecular formula is C35H64O8. The first-order valence-electron chi connectivity index (χ1n) is 17.7. The topological polar surface area (TPSA) is 137 Å². The fourth-order valence-corrected chi connectivity index (χ4v) is 6.42. The molecule has 0 aromatic carbocycles. The molecule has 0 aromatic rings. The van der Waals surface area contributed by atoms with Gasteiger partial charge in [-0.15, -0.1) is 0 Å². The Balaban J connectivity index is 1.45. The Labute approximate surface area is 261 Å². The third-order valence-corrected chi connectivity index (χ3v) is 9.21. The predicted molar refractivity (Wildman–Crippen MR) is 170 cm³/mol. The summed E-state index contributed by atoms with van der Waals surface area (Å²) in [6.07, 6.45) is 18.0. The van der Waals surface area contributed by atoms with E-state index in [1.807, 2.05) is 6.92 Å². The average Bonchev–Trinajstić information content (AvgIpc) is 3.58. The summed E-state index contributed by atoms with van der Waals surface area (Å²) in [7, 11) is 0.